The van der Waals surface area contributed by atoms with Gasteiger partial charge < -0.3 is 19.2 Å². The van der Waals surface area contributed by atoms with E-state index >= 15 is 0 Å². The van der Waals surface area contributed by atoms with Crippen LogP contribution in [0, 0.1) is 0 Å². The van der Waals surface area contributed by atoms with Crippen molar-refractivity contribution in [2.24, 2.45) is 0 Å². The third-order valence-corrected chi connectivity index (χ3v) is 3.03. The largest absolute Gasteiger partial charge is 0.472 e. The summed E-state index contributed by atoms with van der Waals surface area (Å²) in [6, 6.07) is 7.13. The molecule has 0 fully saturated rings. The Bertz CT molecular complexity index is 591. The molecule has 1 aliphatic heterocycles. The Morgan fingerprint density at radius 2 is 2.11 bits per heavy atom. The van der Waals surface area contributed by atoms with E-state index in [0.29, 0.717) is 11.3 Å². The van der Waals surface area contributed by atoms with Crippen LogP contribution in [0.5, 0.6) is 11.5 Å². The molecule has 0 saturated heterocycles. The van der Waals surface area contributed by atoms with Gasteiger partial charge in [0.2, 0.25) is 6.79 Å². The van der Waals surface area contributed by atoms with Crippen molar-refractivity contribution in [3.05, 3.63) is 47.9 Å². The van der Waals surface area contributed by atoms with Crippen molar-refractivity contribution < 1.29 is 18.7 Å². The van der Waals surface area contributed by atoms with Crippen LogP contribution in [-0.2, 0) is 0 Å². The van der Waals surface area contributed by atoms with Crippen LogP contribution in [0.2, 0.25) is 0 Å². The Morgan fingerprint density at radius 3 is 2.89 bits per heavy atom. The van der Waals surface area contributed by atoms with Gasteiger partial charge in [0, 0.05) is 0 Å². The summed E-state index contributed by atoms with van der Waals surface area (Å²) in [5.74, 6) is 1.28. The molecular weight excluding hydrogens is 246 g/mol. The second-order valence-corrected chi connectivity index (χ2v) is 4.32. The van der Waals surface area contributed by atoms with Gasteiger partial charge in [-0.05, 0) is 30.7 Å². The Kier molecular flexibility index (Phi) is 2.87. The maximum atomic E-state index is 11.9. The summed E-state index contributed by atoms with van der Waals surface area (Å²) in [5, 5.41) is 2.89. The normalized spacial score (nSPS) is 14.2. The summed E-state index contributed by atoms with van der Waals surface area (Å²) in [4.78, 5) is 11.9. The number of nitrogens with one attached hydrogen (secondary N) is 1. The van der Waals surface area contributed by atoms with E-state index in [1.54, 1.807) is 6.07 Å². The molecular formula is C14H13NO4. The van der Waals surface area contributed by atoms with E-state index in [4.69, 9.17) is 13.9 Å². The van der Waals surface area contributed by atoms with E-state index in [1.165, 1.54) is 12.5 Å². The zero-order valence-electron chi connectivity index (χ0n) is 10.4. The highest BCUT2D eigenvalue weighted by atomic mass is 16.7. The molecule has 1 N–H and O–H groups in total. The minimum absolute atomic E-state index is 0.128. The van der Waals surface area contributed by atoms with Crippen LogP contribution in [0.4, 0.5) is 0 Å². The maximum Gasteiger partial charge on any atom is 0.255 e. The Hall–Kier alpha value is -2.43. The lowest BCUT2D eigenvalue weighted by Gasteiger charge is -2.14. The molecule has 5 heteroatoms. The highest BCUT2D eigenvalue weighted by molar-refractivity contribution is 5.94. The molecule has 2 aromatic rings. The summed E-state index contributed by atoms with van der Waals surface area (Å²) in [7, 11) is 0. The molecule has 98 valence electrons. The van der Waals surface area contributed by atoms with Gasteiger partial charge in [0.15, 0.2) is 11.5 Å². The molecule has 19 heavy (non-hydrogen) atoms. The second-order valence-electron chi connectivity index (χ2n) is 4.32. The van der Waals surface area contributed by atoms with Crippen LogP contribution in [0.25, 0.3) is 0 Å². The molecule has 1 aliphatic rings. The average molecular weight is 259 g/mol. The first-order chi connectivity index (χ1) is 9.24. The van der Waals surface area contributed by atoms with Gasteiger partial charge in [-0.1, -0.05) is 6.07 Å². The summed E-state index contributed by atoms with van der Waals surface area (Å²) in [6.45, 7) is 2.16. The zero-order valence-corrected chi connectivity index (χ0v) is 10.4. The molecule has 2 heterocycles. The molecule has 1 unspecified atom stereocenters. The van der Waals surface area contributed by atoms with Crippen molar-refractivity contribution in [3.63, 3.8) is 0 Å². The summed E-state index contributed by atoms with van der Waals surface area (Å²) >= 11 is 0. The molecule has 1 atom stereocenters. The molecule has 0 radical (unpaired) electrons. The molecule has 5 nitrogen and oxygen atoms in total. The predicted molar refractivity (Wildman–Crippen MR) is 67.2 cm³/mol. The smallest absolute Gasteiger partial charge is 0.255 e. The zero-order chi connectivity index (χ0) is 13.2. The molecule has 1 aromatic carbocycles. The third-order valence-electron chi connectivity index (χ3n) is 3.03. The quantitative estimate of drug-likeness (QED) is 0.920. The predicted octanol–water partition coefficient (Wildman–Crippen LogP) is 2.50. The van der Waals surface area contributed by atoms with E-state index in [9.17, 15) is 4.79 Å². The maximum absolute atomic E-state index is 11.9. The van der Waals surface area contributed by atoms with Gasteiger partial charge in [-0.15, -0.1) is 0 Å². The third kappa shape index (κ3) is 2.27. The fourth-order valence-corrected chi connectivity index (χ4v) is 1.94. The first kappa shape index (κ1) is 11.6. The van der Waals surface area contributed by atoms with Gasteiger partial charge in [0.1, 0.15) is 6.26 Å². The monoisotopic (exact) mass is 259 g/mol. The number of hydrogen-bond acceptors (Lipinski definition) is 4. The van der Waals surface area contributed by atoms with Gasteiger partial charge in [0.25, 0.3) is 5.91 Å². The van der Waals surface area contributed by atoms with Crippen molar-refractivity contribution in [2.75, 3.05) is 6.79 Å². The molecule has 1 aromatic heterocycles. The van der Waals surface area contributed by atoms with Gasteiger partial charge in [0.05, 0.1) is 17.9 Å². The second kappa shape index (κ2) is 4.68. The number of carbonyl (C=O) groups is 1. The highest BCUT2D eigenvalue weighted by Gasteiger charge is 2.17. The van der Waals surface area contributed by atoms with E-state index in [-0.39, 0.29) is 18.7 Å². The Morgan fingerprint density at radius 1 is 1.26 bits per heavy atom. The topological polar surface area (TPSA) is 60.7 Å². The van der Waals surface area contributed by atoms with Crippen LogP contribution in [0.15, 0.2) is 41.2 Å². The lowest BCUT2D eigenvalue weighted by atomic mass is 10.1. The van der Waals surface area contributed by atoms with E-state index in [1.807, 2.05) is 25.1 Å². The number of rotatable bonds is 3. The van der Waals surface area contributed by atoms with Gasteiger partial charge in [-0.25, -0.2) is 0 Å². The first-order valence-electron chi connectivity index (χ1n) is 5.96. The fraction of sp³-hybridized carbons (Fsp3) is 0.214. The Balaban J connectivity index is 1.73. The first-order valence-corrected chi connectivity index (χ1v) is 5.96. The number of amides is 1. The van der Waals surface area contributed by atoms with Crippen LogP contribution in [-0.4, -0.2) is 12.7 Å². The summed E-state index contributed by atoms with van der Waals surface area (Å²) in [6.07, 6.45) is 2.89. The van der Waals surface area contributed by atoms with Crippen LogP contribution < -0.4 is 14.8 Å². The van der Waals surface area contributed by atoms with E-state index < -0.39 is 0 Å². The number of hydrogen-bond donors (Lipinski definition) is 1. The van der Waals surface area contributed by atoms with Crippen molar-refractivity contribution in [1.82, 2.24) is 5.32 Å². The standard InChI is InChI=1S/C14H13NO4/c1-9(15-14(16)11-4-5-17-7-11)10-2-3-12-13(6-10)19-8-18-12/h2-7,9H,8H2,1H3,(H,15,16). The van der Waals surface area contributed by atoms with Crippen molar-refractivity contribution in [1.29, 1.82) is 0 Å². The number of fused-ring (bicyclic) bond motifs is 1. The number of benzene rings is 1. The van der Waals surface area contributed by atoms with E-state index in [0.717, 1.165) is 11.3 Å². The van der Waals surface area contributed by atoms with Crippen LogP contribution in [0.1, 0.15) is 28.9 Å². The van der Waals surface area contributed by atoms with Gasteiger partial charge >= 0.3 is 0 Å². The molecule has 3 rings (SSSR count). The van der Waals surface area contributed by atoms with Crippen LogP contribution >= 0.6 is 0 Å². The van der Waals surface area contributed by atoms with Crippen molar-refractivity contribution in [2.45, 2.75) is 13.0 Å². The minimum atomic E-state index is -0.168. The average Bonchev–Trinajstić information content (AvgIpc) is 3.09. The van der Waals surface area contributed by atoms with Crippen LogP contribution in [0.3, 0.4) is 0 Å². The lowest BCUT2D eigenvalue weighted by molar-refractivity contribution is 0.0939. The number of carbonyl (C=O) groups excluding carboxylic acids is 1. The number of furan rings is 1. The summed E-state index contributed by atoms with van der Waals surface area (Å²) < 4.78 is 15.5. The molecule has 0 saturated carbocycles. The fourth-order valence-electron chi connectivity index (χ4n) is 1.94. The van der Waals surface area contributed by atoms with Crippen molar-refractivity contribution in [3.8, 4) is 11.5 Å². The molecule has 1 amide bonds. The minimum Gasteiger partial charge on any atom is -0.472 e. The number of ether oxygens (including phenoxy) is 2. The Labute approximate surface area is 110 Å². The van der Waals surface area contributed by atoms with Crippen molar-refractivity contribution >= 4 is 5.91 Å². The SMILES string of the molecule is CC(NC(=O)c1ccoc1)c1ccc2c(c1)OCO2. The van der Waals surface area contributed by atoms with E-state index in [2.05, 4.69) is 5.32 Å². The van der Waals surface area contributed by atoms with Gasteiger partial charge in [-0.2, -0.15) is 0 Å². The lowest BCUT2D eigenvalue weighted by Crippen LogP contribution is -2.26. The summed E-state index contributed by atoms with van der Waals surface area (Å²) in [5.41, 5.74) is 1.47. The van der Waals surface area contributed by atoms with Gasteiger partial charge in [-0.3, -0.25) is 4.79 Å². The highest BCUT2D eigenvalue weighted by Crippen LogP contribution is 2.34. The molecule has 0 aliphatic carbocycles. The molecule has 0 bridgehead atoms. The molecule has 0 spiro atoms.